The molecule has 0 saturated carbocycles. The van der Waals surface area contributed by atoms with Crippen molar-refractivity contribution in [2.45, 2.75) is 32.4 Å². The molecule has 5 rings (SSSR count). The van der Waals surface area contributed by atoms with Gasteiger partial charge >= 0.3 is 6.03 Å². The van der Waals surface area contributed by atoms with Gasteiger partial charge in [-0.2, -0.15) is 0 Å². The minimum Gasteiger partial charge on any atom is -0.336 e. The highest BCUT2D eigenvalue weighted by molar-refractivity contribution is 6.30. The summed E-state index contributed by atoms with van der Waals surface area (Å²) in [4.78, 5) is 43.8. The van der Waals surface area contributed by atoms with Crippen LogP contribution in [0.2, 0.25) is 5.02 Å². The first-order valence-corrected chi connectivity index (χ1v) is 12.4. The maximum atomic E-state index is 13.7. The Kier molecular flexibility index (Phi) is 6.41. The van der Waals surface area contributed by atoms with Gasteiger partial charge < -0.3 is 15.1 Å². The lowest BCUT2D eigenvalue weighted by Gasteiger charge is -2.43. The molecule has 8 heteroatoms. The van der Waals surface area contributed by atoms with Crippen LogP contribution >= 0.6 is 11.6 Å². The number of carbonyl (C=O) groups is 3. The van der Waals surface area contributed by atoms with Gasteiger partial charge in [0.25, 0.3) is 5.91 Å². The van der Waals surface area contributed by atoms with E-state index in [1.54, 1.807) is 53.1 Å². The van der Waals surface area contributed by atoms with Gasteiger partial charge in [-0.3, -0.25) is 14.5 Å². The molecule has 2 aliphatic heterocycles. The van der Waals surface area contributed by atoms with E-state index in [4.69, 9.17) is 11.6 Å². The molecule has 2 unspecified atom stereocenters. The van der Waals surface area contributed by atoms with Crippen LogP contribution in [-0.2, 0) is 4.79 Å². The Morgan fingerprint density at radius 1 is 1.00 bits per heavy atom. The van der Waals surface area contributed by atoms with Crippen molar-refractivity contribution in [2.24, 2.45) is 0 Å². The zero-order chi connectivity index (χ0) is 25.4. The lowest BCUT2D eigenvalue weighted by molar-refractivity contribution is -0.117. The molecule has 1 fully saturated rings. The third kappa shape index (κ3) is 4.31. The smallest absolute Gasteiger partial charge is 0.321 e. The predicted octanol–water partition coefficient (Wildman–Crippen LogP) is 5.40. The Labute approximate surface area is 215 Å². The van der Waals surface area contributed by atoms with Crippen molar-refractivity contribution in [1.82, 2.24) is 5.32 Å². The van der Waals surface area contributed by atoms with Gasteiger partial charge in [-0.05, 0) is 73.5 Å². The van der Waals surface area contributed by atoms with Gasteiger partial charge in [0.15, 0.2) is 0 Å². The van der Waals surface area contributed by atoms with E-state index in [0.29, 0.717) is 30.1 Å². The molecule has 0 aromatic heterocycles. The molecule has 7 nitrogen and oxygen atoms in total. The lowest BCUT2D eigenvalue weighted by atomic mass is 9.89. The van der Waals surface area contributed by atoms with Crippen molar-refractivity contribution in [1.29, 1.82) is 0 Å². The number of halogens is 1. The van der Waals surface area contributed by atoms with Crippen molar-refractivity contribution >= 4 is 46.5 Å². The zero-order valence-corrected chi connectivity index (χ0v) is 20.9. The molecule has 2 aliphatic rings. The first-order valence-electron chi connectivity index (χ1n) is 12.0. The summed E-state index contributed by atoms with van der Waals surface area (Å²) in [7, 11) is 0. The number of rotatable bonds is 4. The molecule has 36 heavy (non-hydrogen) atoms. The Morgan fingerprint density at radius 3 is 2.33 bits per heavy atom. The summed E-state index contributed by atoms with van der Waals surface area (Å²) in [6, 6.07) is 21.6. The highest BCUT2D eigenvalue weighted by Gasteiger charge is 2.38. The zero-order valence-electron chi connectivity index (χ0n) is 20.1. The molecule has 0 radical (unpaired) electrons. The van der Waals surface area contributed by atoms with Gasteiger partial charge in [-0.1, -0.05) is 29.8 Å². The first kappa shape index (κ1) is 23.9. The molecular formula is C28H27ClN4O3. The topological polar surface area (TPSA) is 73.0 Å². The first-order chi connectivity index (χ1) is 17.3. The van der Waals surface area contributed by atoms with Crippen molar-refractivity contribution in [3.63, 3.8) is 0 Å². The maximum absolute atomic E-state index is 13.7. The summed E-state index contributed by atoms with van der Waals surface area (Å²) in [6.45, 7) is 4.77. The number of benzene rings is 3. The van der Waals surface area contributed by atoms with Gasteiger partial charge in [0, 0.05) is 53.7 Å². The molecule has 3 aromatic rings. The SMILES string of the molecule is CC(=O)N(c1ccc(Cl)cc1)C1CC(C)N(C(=O)c2ccc(N3CCNC3=O)cc2)c2ccccc21. The van der Waals surface area contributed by atoms with Gasteiger partial charge in [-0.25, -0.2) is 4.79 Å². The number of nitrogens with one attached hydrogen (secondary N) is 1. The standard InChI is InChI=1S/C28H27ClN4O3/c1-18-17-26(33(19(2)34)23-13-9-21(29)10-14-23)24-5-3-4-6-25(24)32(18)27(35)20-7-11-22(12-8-20)31-16-15-30-28(31)36/h3-14,18,26H,15-17H2,1-2H3,(H,30,36). The fourth-order valence-electron chi connectivity index (χ4n) is 5.16. The molecule has 0 spiro atoms. The fraction of sp³-hybridized carbons (Fsp3) is 0.250. The van der Waals surface area contributed by atoms with Crippen LogP contribution in [0.25, 0.3) is 0 Å². The normalized spacial score (nSPS) is 19.0. The summed E-state index contributed by atoms with van der Waals surface area (Å²) < 4.78 is 0. The van der Waals surface area contributed by atoms with E-state index < -0.39 is 0 Å². The summed E-state index contributed by atoms with van der Waals surface area (Å²) in [5, 5.41) is 3.39. The Balaban J connectivity index is 1.48. The molecule has 0 aliphatic carbocycles. The van der Waals surface area contributed by atoms with Gasteiger partial charge in [0.05, 0.1) is 6.04 Å². The molecule has 1 saturated heterocycles. The van der Waals surface area contributed by atoms with E-state index in [2.05, 4.69) is 5.32 Å². The van der Waals surface area contributed by atoms with Gasteiger partial charge in [0.2, 0.25) is 5.91 Å². The molecule has 184 valence electrons. The number of fused-ring (bicyclic) bond motifs is 1. The highest BCUT2D eigenvalue weighted by atomic mass is 35.5. The molecule has 4 amide bonds. The van der Waals surface area contributed by atoms with E-state index in [-0.39, 0.29) is 29.9 Å². The summed E-state index contributed by atoms with van der Waals surface area (Å²) >= 11 is 6.08. The van der Waals surface area contributed by atoms with Crippen LogP contribution in [0.5, 0.6) is 0 Å². The fourth-order valence-corrected chi connectivity index (χ4v) is 5.29. The Morgan fingerprint density at radius 2 is 1.69 bits per heavy atom. The van der Waals surface area contributed by atoms with Crippen molar-refractivity contribution < 1.29 is 14.4 Å². The number of carbonyl (C=O) groups excluding carboxylic acids is 3. The van der Waals surface area contributed by atoms with E-state index in [1.165, 1.54) is 0 Å². The number of anilines is 3. The molecule has 2 heterocycles. The number of nitrogens with zero attached hydrogens (tertiary/aromatic N) is 3. The average Bonchev–Trinajstić information content (AvgIpc) is 3.31. The maximum Gasteiger partial charge on any atom is 0.321 e. The van der Waals surface area contributed by atoms with Gasteiger partial charge in [0.1, 0.15) is 0 Å². The van der Waals surface area contributed by atoms with Crippen LogP contribution in [0, 0.1) is 0 Å². The summed E-state index contributed by atoms with van der Waals surface area (Å²) in [6.07, 6.45) is 0.580. The number of amides is 4. The van der Waals surface area contributed by atoms with Crippen molar-refractivity contribution in [3.05, 3.63) is 88.9 Å². The van der Waals surface area contributed by atoms with Crippen LogP contribution < -0.4 is 20.0 Å². The predicted molar refractivity (Wildman–Crippen MR) is 142 cm³/mol. The summed E-state index contributed by atoms with van der Waals surface area (Å²) in [5.74, 6) is -0.197. The number of hydrogen-bond donors (Lipinski definition) is 1. The second kappa shape index (κ2) is 9.66. The van der Waals surface area contributed by atoms with Crippen LogP contribution in [0.3, 0.4) is 0 Å². The Bertz CT molecular complexity index is 1310. The van der Waals surface area contributed by atoms with Gasteiger partial charge in [-0.15, -0.1) is 0 Å². The Hall–Kier alpha value is -3.84. The van der Waals surface area contributed by atoms with Crippen LogP contribution in [-0.4, -0.2) is 37.0 Å². The quantitative estimate of drug-likeness (QED) is 0.519. The van der Waals surface area contributed by atoms with Crippen LogP contribution in [0.4, 0.5) is 21.9 Å². The third-order valence-corrected chi connectivity index (χ3v) is 7.07. The minimum absolute atomic E-state index is 0.0781. The van der Waals surface area contributed by atoms with Crippen LogP contribution in [0.1, 0.15) is 42.2 Å². The molecule has 2 atom stereocenters. The minimum atomic E-state index is -0.227. The summed E-state index contributed by atoms with van der Waals surface area (Å²) in [5.41, 5.74) is 3.77. The largest absolute Gasteiger partial charge is 0.336 e. The average molecular weight is 503 g/mol. The second-order valence-electron chi connectivity index (χ2n) is 9.13. The third-order valence-electron chi connectivity index (χ3n) is 6.82. The molecule has 0 bridgehead atoms. The van der Waals surface area contributed by atoms with Crippen molar-refractivity contribution in [2.75, 3.05) is 27.8 Å². The van der Waals surface area contributed by atoms with Crippen LogP contribution in [0.15, 0.2) is 72.8 Å². The van der Waals surface area contributed by atoms with E-state index in [1.807, 2.05) is 48.2 Å². The number of para-hydroxylation sites is 1. The number of urea groups is 1. The molecule has 3 aromatic carbocycles. The molecular weight excluding hydrogens is 476 g/mol. The second-order valence-corrected chi connectivity index (χ2v) is 9.57. The lowest BCUT2D eigenvalue weighted by Crippen LogP contribution is -2.47. The van der Waals surface area contributed by atoms with E-state index in [0.717, 1.165) is 22.6 Å². The highest BCUT2D eigenvalue weighted by Crippen LogP contribution is 2.43. The molecule has 1 N–H and O–H groups in total. The van der Waals surface area contributed by atoms with Crippen molar-refractivity contribution in [3.8, 4) is 0 Å². The van der Waals surface area contributed by atoms with E-state index >= 15 is 0 Å². The van der Waals surface area contributed by atoms with E-state index in [9.17, 15) is 14.4 Å². The number of hydrogen-bond acceptors (Lipinski definition) is 3. The monoisotopic (exact) mass is 502 g/mol.